The van der Waals surface area contributed by atoms with Gasteiger partial charge in [0.05, 0.1) is 23.3 Å². The van der Waals surface area contributed by atoms with E-state index in [1.54, 1.807) is 0 Å². The second-order valence-electron chi connectivity index (χ2n) is 8.41. The van der Waals surface area contributed by atoms with E-state index < -0.39 is 11.7 Å². The summed E-state index contributed by atoms with van der Waals surface area (Å²) in [7, 11) is 0. The number of halogens is 2. The number of aromatic nitrogens is 4. The maximum Gasteiger partial charge on any atom is 0.273 e. The number of fused-ring (bicyclic) bond motifs is 1. The van der Waals surface area contributed by atoms with Crippen molar-refractivity contribution in [1.82, 2.24) is 30.6 Å². The van der Waals surface area contributed by atoms with Gasteiger partial charge in [-0.2, -0.15) is 0 Å². The van der Waals surface area contributed by atoms with Crippen LogP contribution in [-0.4, -0.2) is 38.9 Å². The largest absolute Gasteiger partial charge is 0.448 e. The summed E-state index contributed by atoms with van der Waals surface area (Å²) in [6, 6.07) is 16.7. The van der Waals surface area contributed by atoms with Gasteiger partial charge in [-0.3, -0.25) is 9.78 Å². The summed E-state index contributed by atoms with van der Waals surface area (Å²) in [6.45, 7) is 1.31. The van der Waals surface area contributed by atoms with Crippen LogP contribution in [0.15, 0.2) is 71.5 Å². The highest BCUT2D eigenvalue weighted by Gasteiger charge is 2.13. The number of amides is 1. The molecule has 0 aliphatic carbocycles. The van der Waals surface area contributed by atoms with E-state index in [1.165, 1.54) is 24.6 Å². The predicted octanol–water partition coefficient (Wildman–Crippen LogP) is 4.71. The lowest BCUT2D eigenvalue weighted by molar-refractivity contribution is 0.0945. The van der Waals surface area contributed by atoms with Crippen molar-refractivity contribution in [2.24, 2.45) is 0 Å². The zero-order chi connectivity index (χ0) is 25.6. The second kappa shape index (κ2) is 11.3. The molecule has 10 heteroatoms. The van der Waals surface area contributed by atoms with Crippen LogP contribution in [0.25, 0.3) is 22.2 Å². The van der Waals surface area contributed by atoms with E-state index in [4.69, 9.17) is 16.0 Å². The van der Waals surface area contributed by atoms with Crippen molar-refractivity contribution in [3.8, 4) is 11.1 Å². The molecule has 3 aromatic heterocycles. The topological polar surface area (TPSA) is 109 Å². The fourth-order valence-electron chi connectivity index (χ4n) is 3.86. The zero-order valence-electron chi connectivity index (χ0n) is 19.8. The van der Waals surface area contributed by atoms with Crippen molar-refractivity contribution in [2.75, 3.05) is 13.1 Å². The van der Waals surface area contributed by atoms with Crippen LogP contribution in [0.1, 0.15) is 27.9 Å². The normalized spacial score (nSPS) is 11.2. The van der Waals surface area contributed by atoms with Crippen LogP contribution in [0, 0.1) is 5.82 Å². The molecule has 5 aromatic rings. The molecule has 8 nitrogen and oxygen atoms in total. The van der Waals surface area contributed by atoms with Crippen LogP contribution in [0.5, 0.6) is 0 Å². The van der Waals surface area contributed by atoms with Crippen LogP contribution in [0.3, 0.4) is 0 Å². The van der Waals surface area contributed by atoms with E-state index in [0.717, 1.165) is 34.4 Å². The monoisotopic (exact) mass is 518 g/mol. The molecule has 0 saturated heterocycles. The minimum Gasteiger partial charge on any atom is -0.448 e. The Balaban J connectivity index is 1.07. The fraction of sp³-hybridized carbons (Fsp3) is 0.185. The van der Waals surface area contributed by atoms with Crippen molar-refractivity contribution in [2.45, 2.75) is 19.4 Å². The van der Waals surface area contributed by atoms with E-state index in [-0.39, 0.29) is 17.9 Å². The van der Waals surface area contributed by atoms with Gasteiger partial charge in [-0.1, -0.05) is 29.8 Å². The van der Waals surface area contributed by atoms with Gasteiger partial charge in [-0.15, -0.1) is 0 Å². The molecule has 3 N–H and O–H groups in total. The Bertz CT molecular complexity index is 1520. The van der Waals surface area contributed by atoms with Gasteiger partial charge in [0.1, 0.15) is 17.9 Å². The molecule has 37 heavy (non-hydrogen) atoms. The summed E-state index contributed by atoms with van der Waals surface area (Å²) in [5, 5.41) is 6.64. The maximum atomic E-state index is 13.6. The average Bonchev–Trinajstić information content (AvgIpc) is 3.55. The van der Waals surface area contributed by atoms with Gasteiger partial charge in [0.2, 0.25) is 0 Å². The van der Waals surface area contributed by atoms with Crippen LogP contribution in [0.2, 0.25) is 5.02 Å². The molecule has 2 aromatic carbocycles. The summed E-state index contributed by atoms with van der Waals surface area (Å²) >= 11 is 5.99. The quantitative estimate of drug-likeness (QED) is 0.231. The first-order valence-corrected chi connectivity index (χ1v) is 12.2. The number of pyridine rings is 1. The highest BCUT2D eigenvalue weighted by Crippen LogP contribution is 2.25. The minimum atomic E-state index is -0.472. The molecule has 3 heterocycles. The number of hydrogen-bond acceptors (Lipinski definition) is 6. The number of nitrogens with one attached hydrogen (secondary N) is 3. The molecular formula is C27H24ClFN6O2. The van der Waals surface area contributed by atoms with E-state index in [9.17, 15) is 9.18 Å². The van der Waals surface area contributed by atoms with Crippen LogP contribution in [0.4, 0.5) is 4.39 Å². The van der Waals surface area contributed by atoms with Crippen molar-refractivity contribution in [1.29, 1.82) is 0 Å². The summed E-state index contributed by atoms with van der Waals surface area (Å²) < 4.78 is 19.0. The Morgan fingerprint density at radius 2 is 1.84 bits per heavy atom. The first-order valence-electron chi connectivity index (χ1n) is 11.8. The molecular weight excluding hydrogens is 495 g/mol. The minimum absolute atomic E-state index is 0.0283. The third kappa shape index (κ3) is 6.19. The maximum absolute atomic E-state index is 13.6. The Hall–Kier alpha value is -4.08. The Morgan fingerprint density at radius 1 is 1.03 bits per heavy atom. The average molecular weight is 519 g/mol. The molecule has 0 bridgehead atoms. The molecule has 5 rings (SSSR count). The highest BCUT2D eigenvalue weighted by molar-refractivity contribution is 6.30. The van der Waals surface area contributed by atoms with Crippen LogP contribution in [-0.2, 0) is 19.4 Å². The first kappa shape index (κ1) is 24.6. The lowest BCUT2D eigenvalue weighted by Crippen LogP contribution is -2.24. The molecule has 0 fully saturated rings. The van der Waals surface area contributed by atoms with E-state index >= 15 is 0 Å². The van der Waals surface area contributed by atoms with E-state index in [2.05, 4.69) is 42.7 Å². The summed E-state index contributed by atoms with van der Waals surface area (Å²) in [4.78, 5) is 28.4. The number of imidazole rings is 1. The Kier molecular flexibility index (Phi) is 7.53. The molecule has 1 amide bonds. The number of benzene rings is 2. The molecule has 0 saturated carbocycles. The van der Waals surface area contributed by atoms with Crippen molar-refractivity contribution < 1.29 is 13.6 Å². The fourth-order valence-corrected chi connectivity index (χ4v) is 3.99. The number of nitrogens with zero attached hydrogens (tertiary/aromatic N) is 3. The third-order valence-corrected chi connectivity index (χ3v) is 6.05. The summed E-state index contributed by atoms with van der Waals surface area (Å²) in [6.07, 6.45) is 4.02. The number of carbonyl (C=O) groups is 1. The Labute approximate surface area is 217 Å². The number of carbonyl (C=O) groups excluding carboxylic acids is 1. The van der Waals surface area contributed by atoms with Crippen molar-refractivity contribution in [3.63, 3.8) is 0 Å². The SMILES string of the molecule is O=C(NCc1ncccc1F)c1coc(CCNCCc2nc3ccc(-c4ccc(Cl)cc4)cc3[nH]2)n1. The zero-order valence-corrected chi connectivity index (χ0v) is 20.6. The van der Waals surface area contributed by atoms with Crippen LogP contribution >= 0.6 is 11.6 Å². The van der Waals surface area contributed by atoms with E-state index in [1.807, 2.05) is 30.3 Å². The van der Waals surface area contributed by atoms with Crippen molar-refractivity contribution >= 4 is 28.5 Å². The molecule has 188 valence electrons. The van der Waals surface area contributed by atoms with Gasteiger partial charge in [-0.25, -0.2) is 14.4 Å². The third-order valence-electron chi connectivity index (χ3n) is 5.80. The second-order valence-corrected chi connectivity index (χ2v) is 8.85. The molecule has 0 unspecified atom stereocenters. The number of hydrogen-bond donors (Lipinski definition) is 3. The lowest BCUT2D eigenvalue weighted by atomic mass is 10.1. The Morgan fingerprint density at radius 3 is 2.68 bits per heavy atom. The van der Waals surface area contributed by atoms with Crippen molar-refractivity contribution in [3.05, 3.63) is 101 Å². The van der Waals surface area contributed by atoms with E-state index in [0.29, 0.717) is 30.4 Å². The number of oxazole rings is 1. The lowest BCUT2D eigenvalue weighted by Gasteiger charge is -2.03. The van der Waals surface area contributed by atoms with Gasteiger partial charge in [-0.05, 0) is 47.5 Å². The molecule has 0 atom stereocenters. The number of rotatable bonds is 10. The molecule has 0 aliphatic rings. The van der Waals surface area contributed by atoms with Crippen LogP contribution < -0.4 is 10.6 Å². The molecule has 0 spiro atoms. The summed E-state index contributed by atoms with van der Waals surface area (Å²) in [5.74, 6) is 0.424. The molecule has 0 aliphatic heterocycles. The van der Waals surface area contributed by atoms with Gasteiger partial charge < -0.3 is 20.0 Å². The standard InChI is InChI=1S/C27H24ClFN6O2/c28-19-6-3-17(4-7-19)18-5-8-21-22(14-18)34-25(33-21)9-12-30-13-10-26-35-24(16-37-26)27(36)32-15-23-20(29)2-1-11-31-23/h1-8,11,14,16,30H,9-10,12-13,15H2,(H,32,36)(H,33,34). The highest BCUT2D eigenvalue weighted by atomic mass is 35.5. The first-order chi connectivity index (χ1) is 18.0. The van der Waals surface area contributed by atoms with Gasteiger partial charge in [0.25, 0.3) is 5.91 Å². The smallest absolute Gasteiger partial charge is 0.273 e. The predicted molar refractivity (Wildman–Crippen MR) is 139 cm³/mol. The molecule has 0 radical (unpaired) electrons. The van der Waals surface area contributed by atoms with Gasteiger partial charge >= 0.3 is 0 Å². The van der Waals surface area contributed by atoms with Gasteiger partial charge in [0.15, 0.2) is 11.6 Å². The summed E-state index contributed by atoms with van der Waals surface area (Å²) in [5.41, 5.74) is 4.41. The number of aromatic amines is 1. The van der Waals surface area contributed by atoms with Gasteiger partial charge in [0, 0.05) is 37.2 Å². The number of H-pyrrole nitrogens is 1.